The first-order valence-corrected chi connectivity index (χ1v) is 15.4. The third kappa shape index (κ3) is 8.31. The second-order valence-electron chi connectivity index (χ2n) is 11.6. The second kappa shape index (κ2) is 13.9. The van der Waals surface area contributed by atoms with Crippen LogP contribution in [-0.2, 0) is 34.4 Å². The number of halogens is 9. The molecule has 1 saturated heterocycles. The van der Waals surface area contributed by atoms with E-state index in [2.05, 4.69) is 15.3 Å². The van der Waals surface area contributed by atoms with Crippen molar-refractivity contribution in [2.75, 3.05) is 48.0 Å². The van der Waals surface area contributed by atoms with Gasteiger partial charge in [0.1, 0.15) is 17.5 Å². The number of alkyl halides is 9. The Hall–Kier alpha value is -4.28. The van der Waals surface area contributed by atoms with E-state index in [1.165, 1.54) is 17.0 Å². The third-order valence-electron chi connectivity index (χ3n) is 8.22. The summed E-state index contributed by atoms with van der Waals surface area (Å²) in [5, 5.41) is 3.13. The molecule has 266 valence electrons. The van der Waals surface area contributed by atoms with Crippen molar-refractivity contribution in [1.82, 2.24) is 9.97 Å². The van der Waals surface area contributed by atoms with Gasteiger partial charge >= 0.3 is 24.6 Å². The van der Waals surface area contributed by atoms with Crippen LogP contribution in [0.2, 0.25) is 0 Å². The first-order chi connectivity index (χ1) is 23.0. The van der Waals surface area contributed by atoms with Gasteiger partial charge in [0.25, 0.3) is 0 Å². The highest BCUT2D eigenvalue weighted by molar-refractivity contribution is 5.90. The first kappa shape index (κ1) is 36.0. The second-order valence-corrected chi connectivity index (χ2v) is 11.6. The van der Waals surface area contributed by atoms with Crippen molar-refractivity contribution >= 4 is 23.4 Å². The van der Waals surface area contributed by atoms with Gasteiger partial charge in [0.2, 0.25) is 0 Å². The van der Waals surface area contributed by atoms with Gasteiger partial charge in [-0.25, -0.2) is 14.8 Å². The Balaban J connectivity index is 1.58. The van der Waals surface area contributed by atoms with E-state index in [1.54, 1.807) is 18.7 Å². The fraction of sp³-hybridized carbons (Fsp3) is 0.469. The molecule has 0 bridgehead atoms. The zero-order valence-electron chi connectivity index (χ0n) is 26.3. The normalized spacial score (nSPS) is 18.7. The van der Waals surface area contributed by atoms with Crippen LogP contribution in [0.25, 0.3) is 0 Å². The molecule has 0 spiro atoms. The number of carbonyl (C=O) groups excluding carboxylic acids is 1. The zero-order valence-corrected chi connectivity index (χ0v) is 26.3. The van der Waals surface area contributed by atoms with E-state index in [0.717, 1.165) is 12.1 Å². The summed E-state index contributed by atoms with van der Waals surface area (Å²) in [6.07, 6.45) is -15.5. The van der Waals surface area contributed by atoms with Gasteiger partial charge in [-0.3, -0.25) is 4.90 Å². The van der Waals surface area contributed by atoms with Crippen LogP contribution in [0.5, 0.6) is 0 Å². The highest BCUT2D eigenvalue weighted by Gasteiger charge is 2.40. The van der Waals surface area contributed by atoms with Gasteiger partial charge in [-0.1, -0.05) is 6.92 Å². The Morgan fingerprint density at radius 2 is 1.51 bits per heavy atom. The number of hydrogen-bond acceptors (Lipinski definition) is 7. The maximum absolute atomic E-state index is 13.9. The third-order valence-corrected chi connectivity index (χ3v) is 8.22. The lowest BCUT2D eigenvalue weighted by molar-refractivity contribution is -0.143. The molecule has 8 nitrogen and oxygen atoms in total. The number of morpholine rings is 1. The molecular formula is C32H32F9N5O3. The number of aromatic nitrogens is 2. The number of benzene rings is 2. The van der Waals surface area contributed by atoms with Crippen LogP contribution in [0.4, 0.5) is 61.6 Å². The largest absolute Gasteiger partial charge is 0.449 e. The van der Waals surface area contributed by atoms with Gasteiger partial charge in [-0.2, -0.15) is 39.5 Å². The van der Waals surface area contributed by atoms with Crippen molar-refractivity contribution in [2.45, 2.75) is 63.7 Å². The van der Waals surface area contributed by atoms with Crippen molar-refractivity contribution in [2.24, 2.45) is 0 Å². The Morgan fingerprint density at radius 3 is 2.08 bits per heavy atom. The predicted octanol–water partition coefficient (Wildman–Crippen LogP) is 8.26. The lowest BCUT2D eigenvalue weighted by Gasteiger charge is -2.40. The molecule has 1 amide bonds. The number of fused-ring (bicyclic) bond motifs is 1. The minimum Gasteiger partial charge on any atom is -0.449 e. The van der Waals surface area contributed by atoms with Crippen LogP contribution in [0.15, 0.2) is 42.5 Å². The molecule has 1 aromatic heterocycles. The Morgan fingerprint density at radius 1 is 0.878 bits per heavy atom. The summed E-state index contributed by atoms with van der Waals surface area (Å²) in [6.45, 7) is 4.81. The molecule has 2 aliphatic rings. The van der Waals surface area contributed by atoms with E-state index in [0.29, 0.717) is 50.7 Å². The summed E-state index contributed by atoms with van der Waals surface area (Å²) >= 11 is 0. The molecule has 2 aromatic carbocycles. The van der Waals surface area contributed by atoms with Crippen LogP contribution < -0.4 is 15.1 Å². The number of carbonyl (C=O) groups is 1. The minimum absolute atomic E-state index is 0.0287. The quantitative estimate of drug-likeness (QED) is 0.248. The molecule has 0 aliphatic carbocycles. The van der Waals surface area contributed by atoms with Crippen molar-refractivity contribution < 1.29 is 53.8 Å². The van der Waals surface area contributed by atoms with E-state index in [-0.39, 0.29) is 47.6 Å². The number of nitrogens with zero attached hydrogens (tertiary/aromatic N) is 4. The summed E-state index contributed by atoms with van der Waals surface area (Å²) in [5.41, 5.74) is -3.98. The number of ether oxygens (including phenoxy) is 2. The van der Waals surface area contributed by atoms with Crippen LogP contribution in [0, 0.1) is 0 Å². The van der Waals surface area contributed by atoms with Crippen LogP contribution in [-0.4, -0.2) is 55.0 Å². The first-order valence-electron chi connectivity index (χ1n) is 15.4. The van der Waals surface area contributed by atoms with Gasteiger partial charge in [0, 0.05) is 31.6 Å². The lowest BCUT2D eigenvalue weighted by atomic mass is 9.88. The molecule has 49 heavy (non-hydrogen) atoms. The number of rotatable bonds is 7. The average Bonchev–Trinajstić information content (AvgIpc) is 3.03. The molecule has 3 heterocycles. The Kier molecular flexibility index (Phi) is 10.2. The van der Waals surface area contributed by atoms with E-state index in [1.807, 2.05) is 0 Å². The topological polar surface area (TPSA) is 79.8 Å². The number of amides is 1. The van der Waals surface area contributed by atoms with Crippen molar-refractivity contribution in [3.8, 4) is 0 Å². The molecular weight excluding hydrogens is 673 g/mol. The number of hydrogen-bond donors (Lipinski definition) is 1. The molecule has 0 radical (unpaired) electrons. The van der Waals surface area contributed by atoms with Crippen molar-refractivity contribution in [1.29, 1.82) is 0 Å². The number of anilines is 3. The Labute approximate surface area is 275 Å². The molecule has 17 heteroatoms. The smallest absolute Gasteiger partial charge is 0.416 e. The lowest BCUT2D eigenvalue weighted by Crippen LogP contribution is -2.46. The molecule has 2 atom stereocenters. The molecule has 2 aliphatic heterocycles. The van der Waals surface area contributed by atoms with Gasteiger partial charge in [-0.15, -0.1) is 0 Å². The number of nitrogens with one attached hydrogen (secondary N) is 1. The summed E-state index contributed by atoms with van der Waals surface area (Å²) in [5.74, 6) is 0.237. The monoisotopic (exact) mass is 705 g/mol. The highest BCUT2D eigenvalue weighted by Crippen LogP contribution is 2.43. The van der Waals surface area contributed by atoms with E-state index in [9.17, 15) is 44.3 Å². The van der Waals surface area contributed by atoms with Gasteiger partial charge < -0.3 is 19.7 Å². The van der Waals surface area contributed by atoms with Crippen LogP contribution in [0.3, 0.4) is 0 Å². The predicted molar refractivity (Wildman–Crippen MR) is 160 cm³/mol. The molecule has 1 N–H and O–H groups in total. The molecule has 3 aromatic rings. The fourth-order valence-corrected chi connectivity index (χ4v) is 5.93. The van der Waals surface area contributed by atoms with Crippen molar-refractivity contribution in [3.63, 3.8) is 0 Å². The van der Waals surface area contributed by atoms with Crippen LogP contribution >= 0.6 is 0 Å². The van der Waals surface area contributed by atoms with Gasteiger partial charge in [0.15, 0.2) is 0 Å². The average molecular weight is 706 g/mol. The molecule has 1 fully saturated rings. The minimum atomic E-state index is -5.06. The standard InChI is InChI=1S/C32H32F9N5O3/c1-3-22-16-24(23-15-19(30(33,34)35)5-6-25(23)46(22)29(47)49-4-2)42-27-17-28(45-7-9-48-10-8-45)44-26(43-27)13-18-11-20(31(36,37)38)14-21(12-18)32(39,40)41/h5-6,11-12,14-15,17,22,24H,3-4,7-10,13,16H2,1-2H3,(H,42,43,44)/t22-,24+/m1/s1. The van der Waals surface area contributed by atoms with E-state index >= 15 is 0 Å². The van der Waals surface area contributed by atoms with Crippen LogP contribution in [0.1, 0.15) is 66.4 Å². The maximum Gasteiger partial charge on any atom is 0.416 e. The van der Waals surface area contributed by atoms with Crippen molar-refractivity contribution in [3.05, 3.63) is 76.1 Å². The molecule has 5 rings (SSSR count). The molecule has 0 saturated carbocycles. The Bertz CT molecular complexity index is 1620. The van der Waals surface area contributed by atoms with Gasteiger partial charge in [0.05, 0.1) is 48.2 Å². The fourth-order valence-electron chi connectivity index (χ4n) is 5.93. The zero-order chi connectivity index (χ0) is 35.7. The highest BCUT2D eigenvalue weighted by atomic mass is 19.4. The molecule has 0 unspecified atom stereocenters. The van der Waals surface area contributed by atoms with E-state index in [4.69, 9.17) is 9.47 Å². The summed E-state index contributed by atoms with van der Waals surface area (Å²) in [6, 6.07) is 4.36. The van der Waals surface area contributed by atoms with Gasteiger partial charge in [-0.05, 0) is 67.3 Å². The summed E-state index contributed by atoms with van der Waals surface area (Å²) in [4.78, 5) is 24.9. The summed E-state index contributed by atoms with van der Waals surface area (Å²) in [7, 11) is 0. The maximum atomic E-state index is 13.9. The SMILES string of the molecule is CCOC(=O)N1c2ccc(C(F)(F)F)cc2[C@@H](Nc2cc(N3CCOCC3)nc(Cc3cc(C(F)(F)F)cc(C(F)(F)F)c3)n2)C[C@H]1CC. The summed E-state index contributed by atoms with van der Waals surface area (Å²) < 4.78 is 134. The van der Waals surface area contributed by atoms with E-state index < -0.39 is 59.8 Å².